The first kappa shape index (κ1) is 31.0. The number of amides is 2. The van der Waals surface area contributed by atoms with E-state index in [4.69, 9.17) is 16.3 Å². The summed E-state index contributed by atoms with van der Waals surface area (Å²) >= 11 is 6.07. The van der Waals surface area contributed by atoms with Crippen LogP contribution in [0.5, 0.6) is 5.75 Å². The number of carbonyl (C=O) groups excluding carboxylic acids is 2. The fraction of sp³-hybridized carbons (Fsp3) is 0.333. The van der Waals surface area contributed by atoms with Gasteiger partial charge in [-0.05, 0) is 66.9 Å². The van der Waals surface area contributed by atoms with Crippen LogP contribution in [0.1, 0.15) is 38.7 Å². The Balaban J connectivity index is 2.01. The monoisotopic (exact) mass is 585 g/mol. The summed E-state index contributed by atoms with van der Waals surface area (Å²) in [5.74, 6) is -0.272. The maximum Gasteiger partial charge on any atom is 0.264 e. The smallest absolute Gasteiger partial charge is 0.264 e. The van der Waals surface area contributed by atoms with Crippen molar-refractivity contribution in [3.63, 3.8) is 0 Å². The second-order valence-electron chi connectivity index (χ2n) is 9.24. The number of ether oxygens (including phenoxy) is 1. The van der Waals surface area contributed by atoms with Crippen molar-refractivity contribution in [1.29, 1.82) is 0 Å². The lowest BCUT2D eigenvalue weighted by Gasteiger charge is -2.33. The number of benzene rings is 3. The Labute approximate surface area is 241 Å². The van der Waals surface area contributed by atoms with Crippen molar-refractivity contribution in [2.75, 3.05) is 24.5 Å². The number of unbranched alkanes of at least 4 members (excludes halogenated alkanes) is 1. The Hall–Kier alpha value is -3.56. The molecule has 3 aromatic carbocycles. The number of nitrogens with zero attached hydrogens (tertiary/aromatic N) is 2. The van der Waals surface area contributed by atoms with E-state index < -0.39 is 28.5 Å². The molecule has 0 saturated carbocycles. The van der Waals surface area contributed by atoms with E-state index in [1.807, 2.05) is 44.2 Å². The van der Waals surface area contributed by atoms with Gasteiger partial charge in [0.05, 0.1) is 17.7 Å². The first-order chi connectivity index (χ1) is 19.2. The van der Waals surface area contributed by atoms with Crippen molar-refractivity contribution in [2.24, 2.45) is 0 Å². The third kappa shape index (κ3) is 7.99. The lowest BCUT2D eigenvalue weighted by atomic mass is 10.1. The van der Waals surface area contributed by atoms with E-state index >= 15 is 0 Å². The summed E-state index contributed by atoms with van der Waals surface area (Å²) in [6, 6.07) is 20.7. The molecule has 0 spiro atoms. The normalized spacial score (nSPS) is 11.9. The van der Waals surface area contributed by atoms with Gasteiger partial charge in [-0.1, -0.05) is 62.2 Å². The molecule has 214 valence electrons. The minimum Gasteiger partial charge on any atom is -0.497 e. The van der Waals surface area contributed by atoms with Gasteiger partial charge >= 0.3 is 0 Å². The number of sulfonamides is 1. The zero-order chi connectivity index (χ0) is 29.1. The summed E-state index contributed by atoms with van der Waals surface area (Å²) in [6.45, 7) is 4.00. The highest BCUT2D eigenvalue weighted by Crippen LogP contribution is 2.27. The van der Waals surface area contributed by atoms with E-state index in [2.05, 4.69) is 5.32 Å². The fourth-order valence-corrected chi connectivity index (χ4v) is 5.76. The molecule has 8 nitrogen and oxygen atoms in total. The number of carbonyl (C=O) groups is 2. The van der Waals surface area contributed by atoms with E-state index in [9.17, 15) is 18.0 Å². The first-order valence-electron chi connectivity index (χ1n) is 13.2. The number of rotatable bonds is 14. The van der Waals surface area contributed by atoms with Gasteiger partial charge < -0.3 is 15.0 Å². The highest BCUT2D eigenvalue weighted by molar-refractivity contribution is 7.92. The summed E-state index contributed by atoms with van der Waals surface area (Å²) in [4.78, 5) is 28.7. The van der Waals surface area contributed by atoms with Crippen LogP contribution in [0, 0.1) is 0 Å². The molecule has 0 radical (unpaired) electrons. The van der Waals surface area contributed by atoms with Crippen LogP contribution in [0.15, 0.2) is 83.8 Å². The predicted octanol–water partition coefficient (Wildman–Crippen LogP) is 5.27. The Morgan fingerprint density at radius 3 is 2.17 bits per heavy atom. The quantitative estimate of drug-likeness (QED) is 0.260. The highest BCUT2D eigenvalue weighted by atomic mass is 35.5. The number of anilines is 1. The lowest BCUT2D eigenvalue weighted by Crippen LogP contribution is -2.52. The molecule has 2 amide bonds. The first-order valence-corrected chi connectivity index (χ1v) is 15.1. The maximum absolute atomic E-state index is 14.0. The molecule has 0 aliphatic heterocycles. The van der Waals surface area contributed by atoms with Crippen LogP contribution in [0.2, 0.25) is 5.02 Å². The van der Waals surface area contributed by atoms with Gasteiger partial charge in [-0.2, -0.15) is 0 Å². The molecule has 40 heavy (non-hydrogen) atoms. The Morgan fingerprint density at radius 2 is 1.60 bits per heavy atom. The molecule has 1 N–H and O–H groups in total. The summed E-state index contributed by atoms with van der Waals surface area (Å²) in [5.41, 5.74) is 1.10. The molecule has 1 unspecified atom stereocenters. The molecule has 0 saturated heterocycles. The summed E-state index contributed by atoms with van der Waals surface area (Å²) in [5, 5.41) is 3.35. The molecule has 0 heterocycles. The van der Waals surface area contributed by atoms with Gasteiger partial charge in [0.2, 0.25) is 11.8 Å². The highest BCUT2D eigenvalue weighted by Gasteiger charge is 2.33. The lowest BCUT2D eigenvalue weighted by molar-refractivity contribution is -0.140. The van der Waals surface area contributed by atoms with Gasteiger partial charge in [-0.15, -0.1) is 0 Å². The predicted molar refractivity (Wildman–Crippen MR) is 158 cm³/mol. The Bertz CT molecular complexity index is 1350. The number of halogens is 1. The van der Waals surface area contributed by atoms with Crippen LogP contribution >= 0.6 is 11.6 Å². The second-order valence-corrected chi connectivity index (χ2v) is 11.5. The number of hydrogen-bond acceptors (Lipinski definition) is 5. The molecule has 0 fully saturated rings. The van der Waals surface area contributed by atoms with E-state index in [1.165, 1.54) is 24.1 Å². The molecule has 3 rings (SSSR count). The molecule has 3 aromatic rings. The second kappa shape index (κ2) is 14.7. The van der Waals surface area contributed by atoms with Crippen molar-refractivity contribution in [2.45, 2.75) is 50.6 Å². The summed E-state index contributed by atoms with van der Waals surface area (Å²) in [7, 11) is -2.68. The van der Waals surface area contributed by atoms with Crippen LogP contribution in [0.4, 0.5) is 5.69 Å². The number of nitrogens with one attached hydrogen (secondary N) is 1. The van der Waals surface area contributed by atoms with E-state index in [1.54, 1.807) is 36.4 Å². The minimum atomic E-state index is -4.18. The Morgan fingerprint density at radius 1 is 0.950 bits per heavy atom. The third-order valence-corrected chi connectivity index (χ3v) is 8.49. The van der Waals surface area contributed by atoms with Crippen LogP contribution < -0.4 is 14.4 Å². The van der Waals surface area contributed by atoms with Crippen molar-refractivity contribution >= 4 is 39.1 Å². The maximum atomic E-state index is 14.0. The number of methoxy groups -OCH3 is 1. The van der Waals surface area contributed by atoms with Crippen LogP contribution in [-0.4, -0.2) is 51.4 Å². The zero-order valence-electron chi connectivity index (χ0n) is 23.0. The van der Waals surface area contributed by atoms with Gasteiger partial charge in [0.15, 0.2) is 0 Å². The van der Waals surface area contributed by atoms with Gasteiger partial charge in [0.1, 0.15) is 18.3 Å². The van der Waals surface area contributed by atoms with Crippen LogP contribution in [0.3, 0.4) is 0 Å². The van der Waals surface area contributed by atoms with Crippen molar-refractivity contribution in [1.82, 2.24) is 10.2 Å². The molecule has 0 aromatic heterocycles. The third-order valence-electron chi connectivity index (χ3n) is 6.45. The minimum absolute atomic E-state index is 0.00462. The van der Waals surface area contributed by atoms with Crippen LogP contribution in [-0.2, 0) is 26.2 Å². The zero-order valence-corrected chi connectivity index (χ0v) is 24.6. The number of hydrogen-bond donors (Lipinski definition) is 1. The van der Waals surface area contributed by atoms with E-state index in [0.29, 0.717) is 23.7 Å². The van der Waals surface area contributed by atoms with E-state index in [0.717, 1.165) is 22.7 Å². The molecule has 1 atom stereocenters. The molecular weight excluding hydrogens is 550 g/mol. The molecule has 0 aliphatic rings. The van der Waals surface area contributed by atoms with Gasteiger partial charge in [0.25, 0.3) is 10.0 Å². The van der Waals surface area contributed by atoms with Gasteiger partial charge in [-0.3, -0.25) is 13.9 Å². The average Bonchev–Trinajstić information content (AvgIpc) is 2.97. The SMILES string of the molecule is CCCCNC(=O)C(CC)N(Cc1ccccc1)C(=O)CN(c1ccc(Cl)cc1)S(=O)(=O)c1ccc(OC)cc1. The standard InChI is InChI=1S/C30H36ClN3O5S/c1-4-6-20-32-30(36)28(5-2)33(21-23-10-8-7-9-11-23)29(35)22-34(25-14-12-24(31)13-15-25)40(37,38)27-18-16-26(39-3)17-19-27/h7-19,28H,4-6,20-22H2,1-3H3,(H,32,36). The van der Waals surface area contributed by atoms with E-state index in [-0.39, 0.29) is 23.0 Å². The van der Waals surface area contributed by atoms with Crippen LogP contribution in [0.25, 0.3) is 0 Å². The molecule has 0 bridgehead atoms. The topological polar surface area (TPSA) is 96.0 Å². The summed E-state index contributed by atoms with van der Waals surface area (Å²) < 4.78 is 34.0. The Kier molecular flexibility index (Phi) is 11.4. The van der Waals surface area contributed by atoms with Crippen molar-refractivity contribution in [3.8, 4) is 5.75 Å². The average molecular weight is 586 g/mol. The summed E-state index contributed by atoms with van der Waals surface area (Å²) in [6.07, 6.45) is 2.10. The van der Waals surface area contributed by atoms with Crippen molar-refractivity contribution in [3.05, 3.63) is 89.4 Å². The van der Waals surface area contributed by atoms with Crippen molar-refractivity contribution < 1.29 is 22.7 Å². The van der Waals surface area contributed by atoms with Gasteiger partial charge in [-0.25, -0.2) is 8.42 Å². The van der Waals surface area contributed by atoms with Gasteiger partial charge in [0, 0.05) is 18.1 Å². The largest absolute Gasteiger partial charge is 0.497 e. The molecule has 0 aliphatic carbocycles. The fourth-order valence-electron chi connectivity index (χ4n) is 4.22. The molecular formula is C30H36ClN3O5S. The molecule has 10 heteroatoms.